The van der Waals surface area contributed by atoms with E-state index in [9.17, 15) is 22.7 Å². The fraction of sp³-hybridized carbons (Fsp3) is 0.417. The van der Waals surface area contributed by atoms with E-state index in [4.69, 9.17) is 19.9 Å². The number of aliphatic hydroxyl groups excluding tert-OH is 1. The highest BCUT2D eigenvalue weighted by Crippen LogP contribution is 2.30. The number of likely N-dealkylation sites (tertiary alicyclic amines) is 1. The molecule has 1 heterocycles. The van der Waals surface area contributed by atoms with Crippen LogP contribution >= 0.6 is 0 Å². The maximum atomic E-state index is 13.8. The van der Waals surface area contributed by atoms with Crippen LogP contribution in [0, 0.1) is 23.1 Å². The summed E-state index contributed by atoms with van der Waals surface area (Å²) in [5, 5.41) is 26.4. The van der Waals surface area contributed by atoms with Crippen molar-refractivity contribution in [3.05, 3.63) is 65.5 Å². The number of nitriles is 1. The number of hydrogen-bond acceptors (Lipinski definition) is 5. The van der Waals surface area contributed by atoms with Gasteiger partial charge in [-0.15, -0.1) is 0 Å². The smallest absolute Gasteiger partial charge is 0.490 e. The maximum Gasteiger partial charge on any atom is 0.490 e. The summed E-state index contributed by atoms with van der Waals surface area (Å²) in [6, 6.07) is 16.0. The summed E-state index contributed by atoms with van der Waals surface area (Å²) in [6.07, 6.45) is -2.72. The lowest BCUT2D eigenvalue weighted by atomic mass is 9.87. The van der Waals surface area contributed by atoms with Crippen LogP contribution in [0.25, 0.3) is 0 Å². The van der Waals surface area contributed by atoms with Gasteiger partial charge in [0.2, 0.25) is 0 Å². The molecule has 34 heavy (non-hydrogen) atoms. The largest absolute Gasteiger partial charge is 0.490 e. The summed E-state index contributed by atoms with van der Waals surface area (Å²) < 4.78 is 51.0. The molecule has 0 amide bonds. The topological polar surface area (TPSA) is 93.8 Å². The minimum atomic E-state index is -5.08. The van der Waals surface area contributed by atoms with Gasteiger partial charge < -0.3 is 19.8 Å². The molecule has 2 aromatic carbocycles. The van der Waals surface area contributed by atoms with Crippen molar-refractivity contribution in [1.82, 2.24) is 4.90 Å². The van der Waals surface area contributed by atoms with Crippen molar-refractivity contribution in [1.29, 1.82) is 5.26 Å². The van der Waals surface area contributed by atoms with E-state index < -0.39 is 24.1 Å². The number of carbonyl (C=O) groups is 1. The minimum Gasteiger partial charge on any atom is -0.490 e. The molecule has 0 bridgehead atoms. The van der Waals surface area contributed by atoms with E-state index in [1.165, 1.54) is 12.1 Å². The van der Waals surface area contributed by atoms with E-state index in [-0.39, 0.29) is 5.75 Å². The number of aliphatic hydroxyl groups is 1. The van der Waals surface area contributed by atoms with Gasteiger partial charge in [0.15, 0.2) is 11.6 Å². The van der Waals surface area contributed by atoms with Crippen LogP contribution in [-0.4, -0.2) is 53.5 Å². The number of rotatable bonds is 7. The Morgan fingerprint density at radius 3 is 2.32 bits per heavy atom. The minimum absolute atomic E-state index is 0.193. The molecule has 2 aromatic rings. The van der Waals surface area contributed by atoms with Gasteiger partial charge in [-0.2, -0.15) is 18.4 Å². The Bertz CT molecular complexity index is 956. The summed E-state index contributed by atoms with van der Waals surface area (Å²) in [4.78, 5) is 11.3. The Kier molecular flexibility index (Phi) is 10.3. The summed E-state index contributed by atoms with van der Waals surface area (Å²) in [6.45, 7) is 3.25. The second kappa shape index (κ2) is 12.9. The Morgan fingerprint density at radius 2 is 1.79 bits per heavy atom. The van der Waals surface area contributed by atoms with Gasteiger partial charge in [0.1, 0.15) is 0 Å². The summed E-state index contributed by atoms with van der Waals surface area (Å²) >= 11 is 0. The fourth-order valence-corrected chi connectivity index (χ4v) is 3.57. The molecule has 6 nitrogen and oxygen atoms in total. The molecular weight excluding hydrogens is 456 g/mol. The molecule has 3 rings (SSSR count). The molecule has 2 N–H and O–H groups in total. The second-order valence-corrected chi connectivity index (χ2v) is 7.80. The van der Waals surface area contributed by atoms with Gasteiger partial charge in [-0.1, -0.05) is 30.3 Å². The van der Waals surface area contributed by atoms with Gasteiger partial charge in [-0.25, -0.2) is 9.18 Å². The van der Waals surface area contributed by atoms with Gasteiger partial charge in [0.05, 0.1) is 24.3 Å². The second-order valence-electron chi connectivity index (χ2n) is 7.80. The van der Waals surface area contributed by atoms with E-state index in [0.717, 1.165) is 44.5 Å². The number of hydrogen-bond donors (Lipinski definition) is 2. The van der Waals surface area contributed by atoms with Gasteiger partial charge in [-0.3, -0.25) is 0 Å². The zero-order valence-electron chi connectivity index (χ0n) is 18.3. The standard InChI is InChI=1S/C22H25FN2O2.C2HF3O2/c23-20-15-17(16-24)7-8-21(20)27-14-4-11-25-12-9-19(10-13-25)22(26)18-5-2-1-3-6-18;3-2(4,5)1(6)7/h1-3,5-8,15,19,22,26H,4,9-14H2;(H,6,7). The number of piperidine rings is 1. The molecule has 10 heteroatoms. The highest BCUT2D eigenvalue weighted by Gasteiger charge is 2.38. The van der Waals surface area contributed by atoms with E-state index in [1.54, 1.807) is 6.07 Å². The molecule has 1 saturated heterocycles. The summed E-state index contributed by atoms with van der Waals surface area (Å²) in [7, 11) is 0. The number of carboxylic acids is 1. The van der Waals surface area contributed by atoms with Gasteiger partial charge in [0.25, 0.3) is 0 Å². The zero-order chi connectivity index (χ0) is 25.1. The van der Waals surface area contributed by atoms with E-state index in [2.05, 4.69) is 4.90 Å². The predicted octanol–water partition coefficient (Wildman–Crippen LogP) is 4.55. The third kappa shape index (κ3) is 8.65. The first kappa shape index (κ1) is 27.1. The van der Waals surface area contributed by atoms with Gasteiger partial charge in [0, 0.05) is 6.54 Å². The quantitative estimate of drug-likeness (QED) is 0.445. The van der Waals surface area contributed by atoms with Crippen molar-refractivity contribution in [2.24, 2.45) is 5.92 Å². The third-order valence-corrected chi connectivity index (χ3v) is 5.40. The zero-order valence-corrected chi connectivity index (χ0v) is 18.3. The number of ether oxygens (including phenoxy) is 1. The van der Waals surface area contributed by atoms with E-state index in [0.29, 0.717) is 18.1 Å². The Labute approximate surface area is 195 Å². The monoisotopic (exact) mass is 482 g/mol. The van der Waals surface area contributed by atoms with Crippen LogP contribution in [0.15, 0.2) is 48.5 Å². The maximum absolute atomic E-state index is 13.8. The lowest BCUT2D eigenvalue weighted by Gasteiger charge is -2.34. The van der Waals surface area contributed by atoms with Crippen molar-refractivity contribution in [3.63, 3.8) is 0 Å². The Morgan fingerprint density at radius 1 is 1.18 bits per heavy atom. The SMILES string of the molecule is N#Cc1ccc(OCCCN2CCC(C(O)c3ccccc3)CC2)c(F)c1.O=C(O)C(F)(F)F. The molecule has 0 radical (unpaired) electrons. The van der Waals surface area contributed by atoms with Crippen LogP contribution in [0.1, 0.15) is 36.5 Å². The highest BCUT2D eigenvalue weighted by molar-refractivity contribution is 5.73. The molecule has 1 unspecified atom stereocenters. The third-order valence-electron chi connectivity index (χ3n) is 5.40. The van der Waals surface area contributed by atoms with Crippen LogP contribution in [0.3, 0.4) is 0 Å². The fourth-order valence-electron chi connectivity index (χ4n) is 3.57. The summed E-state index contributed by atoms with van der Waals surface area (Å²) in [5.41, 5.74) is 1.29. The van der Waals surface area contributed by atoms with Crippen LogP contribution in [-0.2, 0) is 4.79 Å². The van der Waals surface area contributed by atoms with Gasteiger partial charge in [-0.05, 0) is 62.0 Å². The molecule has 0 spiro atoms. The molecule has 0 aromatic heterocycles. The van der Waals surface area contributed by atoms with Crippen LogP contribution in [0.2, 0.25) is 0 Å². The average molecular weight is 482 g/mol. The number of alkyl halides is 3. The first-order valence-electron chi connectivity index (χ1n) is 10.7. The van der Waals surface area contributed by atoms with Crippen molar-refractivity contribution in [3.8, 4) is 11.8 Å². The van der Waals surface area contributed by atoms with Crippen molar-refractivity contribution >= 4 is 5.97 Å². The van der Waals surface area contributed by atoms with Crippen molar-refractivity contribution in [2.45, 2.75) is 31.5 Å². The Balaban J connectivity index is 0.000000509. The van der Waals surface area contributed by atoms with Crippen molar-refractivity contribution < 1.29 is 37.3 Å². The van der Waals surface area contributed by atoms with Crippen molar-refractivity contribution in [2.75, 3.05) is 26.2 Å². The molecule has 1 fully saturated rings. The molecule has 1 aliphatic rings. The molecule has 0 aliphatic carbocycles. The predicted molar refractivity (Wildman–Crippen MR) is 115 cm³/mol. The lowest BCUT2D eigenvalue weighted by molar-refractivity contribution is -0.192. The number of nitrogens with zero attached hydrogens (tertiary/aromatic N) is 2. The highest BCUT2D eigenvalue weighted by atomic mass is 19.4. The lowest BCUT2D eigenvalue weighted by Crippen LogP contribution is -2.36. The normalized spacial score (nSPS) is 15.5. The van der Waals surface area contributed by atoms with Crippen LogP contribution in [0.5, 0.6) is 5.75 Å². The molecular formula is C24H26F4N2O4. The van der Waals surface area contributed by atoms with E-state index >= 15 is 0 Å². The summed E-state index contributed by atoms with van der Waals surface area (Å²) in [5.74, 6) is -2.76. The Hall–Kier alpha value is -3.16. The molecule has 1 atom stereocenters. The number of benzene rings is 2. The number of aliphatic carboxylic acids is 1. The number of carboxylic acid groups (broad SMARTS) is 1. The first-order valence-corrected chi connectivity index (χ1v) is 10.7. The molecule has 184 valence electrons. The van der Waals surface area contributed by atoms with Crippen LogP contribution in [0.4, 0.5) is 17.6 Å². The van der Waals surface area contributed by atoms with Gasteiger partial charge >= 0.3 is 12.1 Å². The molecule has 0 saturated carbocycles. The number of halogens is 4. The molecule has 1 aliphatic heterocycles. The first-order chi connectivity index (χ1) is 16.1. The average Bonchev–Trinajstić information content (AvgIpc) is 2.83. The van der Waals surface area contributed by atoms with Crippen LogP contribution < -0.4 is 4.74 Å². The van der Waals surface area contributed by atoms with E-state index in [1.807, 2.05) is 36.4 Å².